The van der Waals surface area contributed by atoms with Crippen LogP contribution in [-0.2, 0) is 17.6 Å². The van der Waals surface area contributed by atoms with Crippen molar-refractivity contribution in [2.45, 2.75) is 18.1 Å². The number of fused-ring (bicyclic) bond motifs is 1. The number of aryl methyl sites for hydroxylation is 1. The van der Waals surface area contributed by atoms with Crippen LogP contribution in [0.4, 0.5) is 0 Å². The highest BCUT2D eigenvalue weighted by molar-refractivity contribution is 7.99. The van der Waals surface area contributed by atoms with Crippen molar-refractivity contribution < 1.29 is 14.7 Å². The highest BCUT2D eigenvalue weighted by atomic mass is 32.2. The lowest BCUT2D eigenvalue weighted by Crippen LogP contribution is -2.30. The van der Waals surface area contributed by atoms with E-state index in [0.717, 1.165) is 17.7 Å². The molecular weight excluding hydrogens is 322 g/mol. The summed E-state index contributed by atoms with van der Waals surface area (Å²) in [6.07, 6.45) is 1.35. The Hall–Kier alpha value is -2.27. The third-order valence-corrected chi connectivity index (χ3v) is 5.41. The highest BCUT2D eigenvalue weighted by Gasteiger charge is 2.20. The van der Waals surface area contributed by atoms with E-state index in [2.05, 4.69) is 23.5 Å². The van der Waals surface area contributed by atoms with E-state index in [1.807, 2.05) is 17.8 Å². The van der Waals surface area contributed by atoms with Gasteiger partial charge in [0.05, 0.1) is 12.0 Å². The molecule has 1 atom stereocenters. The molecule has 0 aromatic heterocycles. The number of benzene rings is 2. The number of nitrogens with one attached hydrogen (secondary N) is 1. The SMILES string of the molecule is O=C(Cc1ccc(C(=O)O)cc1)NCC1SCCc2ccccc21. The highest BCUT2D eigenvalue weighted by Crippen LogP contribution is 2.35. The summed E-state index contributed by atoms with van der Waals surface area (Å²) < 4.78 is 0. The van der Waals surface area contributed by atoms with Crippen LogP contribution >= 0.6 is 11.8 Å². The Morgan fingerprint density at radius 2 is 1.88 bits per heavy atom. The van der Waals surface area contributed by atoms with Crippen LogP contribution in [0.1, 0.15) is 32.3 Å². The molecule has 0 spiro atoms. The molecule has 0 saturated heterocycles. The van der Waals surface area contributed by atoms with Crippen LogP contribution in [0.3, 0.4) is 0 Å². The van der Waals surface area contributed by atoms with Gasteiger partial charge in [0, 0.05) is 11.8 Å². The lowest BCUT2D eigenvalue weighted by molar-refractivity contribution is -0.120. The molecule has 0 fully saturated rings. The van der Waals surface area contributed by atoms with E-state index in [4.69, 9.17) is 5.11 Å². The quantitative estimate of drug-likeness (QED) is 0.877. The molecular formula is C19H19NO3S. The standard InChI is InChI=1S/C19H19NO3S/c21-18(11-13-5-7-15(8-6-13)19(22)23)20-12-17-16-4-2-1-3-14(16)9-10-24-17/h1-8,17H,9-12H2,(H,20,21)(H,22,23). The second kappa shape index (κ2) is 7.53. The fraction of sp³-hybridized carbons (Fsp3) is 0.263. The van der Waals surface area contributed by atoms with Gasteiger partial charge in [-0.25, -0.2) is 4.79 Å². The average molecular weight is 341 g/mol. The number of hydrogen-bond donors (Lipinski definition) is 2. The predicted molar refractivity (Wildman–Crippen MR) is 95.5 cm³/mol. The lowest BCUT2D eigenvalue weighted by Gasteiger charge is -2.25. The van der Waals surface area contributed by atoms with Crippen molar-refractivity contribution in [3.05, 3.63) is 70.8 Å². The van der Waals surface area contributed by atoms with Crippen LogP contribution in [0.25, 0.3) is 0 Å². The van der Waals surface area contributed by atoms with Crippen LogP contribution in [0.2, 0.25) is 0 Å². The molecule has 1 unspecified atom stereocenters. The van der Waals surface area contributed by atoms with E-state index in [0.29, 0.717) is 11.8 Å². The van der Waals surface area contributed by atoms with E-state index in [9.17, 15) is 9.59 Å². The number of carboxylic acid groups (broad SMARTS) is 1. The zero-order chi connectivity index (χ0) is 16.9. The second-order valence-electron chi connectivity index (χ2n) is 5.79. The number of carbonyl (C=O) groups excluding carboxylic acids is 1. The first-order valence-electron chi connectivity index (χ1n) is 7.92. The number of thioether (sulfide) groups is 1. The molecule has 0 radical (unpaired) electrons. The molecule has 1 aliphatic heterocycles. The largest absolute Gasteiger partial charge is 0.478 e. The van der Waals surface area contributed by atoms with E-state index in [1.165, 1.54) is 23.3 Å². The molecule has 0 saturated carbocycles. The topological polar surface area (TPSA) is 66.4 Å². The molecule has 4 nitrogen and oxygen atoms in total. The summed E-state index contributed by atoms with van der Waals surface area (Å²) in [5, 5.41) is 12.2. The normalized spacial score (nSPS) is 16.2. The number of carbonyl (C=O) groups is 2. The maximum atomic E-state index is 12.1. The van der Waals surface area contributed by atoms with Gasteiger partial charge in [-0.1, -0.05) is 36.4 Å². The Kier molecular flexibility index (Phi) is 5.20. The fourth-order valence-electron chi connectivity index (χ4n) is 2.87. The third kappa shape index (κ3) is 3.97. The summed E-state index contributed by atoms with van der Waals surface area (Å²) in [5.41, 5.74) is 3.74. The van der Waals surface area contributed by atoms with E-state index >= 15 is 0 Å². The Morgan fingerprint density at radius 3 is 2.62 bits per heavy atom. The number of rotatable bonds is 5. The average Bonchev–Trinajstić information content (AvgIpc) is 2.60. The summed E-state index contributed by atoms with van der Waals surface area (Å²) in [5.74, 6) is 0.0782. The molecule has 124 valence electrons. The maximum absolute atomic E-state index is 12.1. The zero-order valence-corrected chi connectivity index (χ0v) is 14.0. The molecule has 3 rings (SSSR count). The molecule has 0 aliphatic carbocycles. The Balaban J connectivity index is 1.55. The van der Waals surface area contributed by atoms with Crippen LogP contribution in [0, 0.1) is 0 Å². The Labute approximate surface area is 145 Å². The van der Waals surface area contributed by atoms with Gasteiger partial charge in [-0.3, -0.25) is 4.79 Å². The summed E-state index contributed by atoms with van der Waals surface area (Å²) in [6, 6.07) is 14.8. The van der Waals surface area contributed by atoms with Crippen molar-refractivity contribution >= 4 is 23.6 Å². The molecule has 2 N–H and O–H groups in total. The van der Waals surface area contributed by atoms with Crippen molar-refractivity contribution in [2.75, 3.05) is 12.3 Å². The first-order chi connectivity index (χ1) is 11.6. The van der Waals surface area contributed by atoms with Crippen molar-refractivity contribution in [1.29, 1.82) is 0 Å². The van der Waals surface area contributed by atoms with E-state index < -0.39 is 5.97 Å². The van der Waals surface area contributed by atoms with Gasteiger partial charge in [-0.2, -0.15) is 11.8 Å². The number of carboxylic acids is 1. The second-order valence-corrected chi connectivity index (χ2v) is 7.10. The minimum Gasteiger partial charge on any atom is -0.478 e. The van der Waals surface area contributed by atoms with Gasteiger partial charge in [0.2, 0.25) is 5.91 Å². The Morgan fingerprint density at radius 1 is 1.12 bits per heavy atom. The van der Waals surface area contributed by atoms with Gasteiger partial charge >= 0.3 is 5.97 Å². The lowest BCUT2D eigenvalue weighted by atomic mass is 10.0. The molecule has 1 amide bonds. The van der Waals surface area contributed by atoms with Gasteiger partial charge in [-0.15, -0.1) is 0 Å². The number of hydrogen-bond acceptors (Lipinski definition) is 3. The van der Waals surface area contributed by atoms with E-state index in [-0.39, 0.29) is 17.9 Å². The fourth-order valence-corrected chi connectivity index (χ4v) is 4.10. The van der Waals surface area contributed by atoms with Crippen LogP contribution < -0.4 is 5.32 Å². The summed E-state index contributed by atoms with van der Waals surface area (Å²) in [4.78, 5) is 23.0. The van der Waals surface area contributed by atoms with Gasteiger partial charge in [-0.05, 0) is 41.0 Å². The first-order valence-corrected chi connectivity index (χ1v) is 8.96. The van der Waals surface area contributed by atoms with Crippen molar-refractivity contribution in [3.8, 4) is 0 Å². The Bertz CT molecular complexity index is 743. The molecule has 2 aromatic carbocycles. The predicted octanol–water partition coefficient (Wildman–Crippen LogP) is 3.07. The molecule has 2 aromatic rings. The molecule has 1 heterocycles. The molecule has 5 heteroatoms. The van der Waals surface area contributed by atoms with Gasteiger partial charge < -0.3 is 10.4 Å². The van der Waals surface area contributed by atoms with Crippen molar-refractivity contribution in [2.24, 2.45) is 0 Å². The molecule has 24 heavy (non-hydrogen) atoms. The summed E-state index contributed by atoms with van der Waals surface area (Å²) in [7, 11) is 0. The first kappa shape index (κ1) is 16.6. The summed E-state index contributed by atoms with van der Waals surface area (Å²) in [6.45, 7) is 0.619. The van der Waals surface area contributed by atoms with Crippen molar-refractivity contribution in [3.63, 3.8) is 0 Å². The van der Waals surface area contributed by atoms with E-state index in [1.54, 1.807) is 12.1 Å². The number of amides is 1. The maximum Gasteiger partial charge on any atom is 0.335 e. The minimum absolute atomic E-state index is 0.0401. The van der Waals surface area contributed by atoms with Crippen molar-refractivity contribution in [1.82, 2.24) is 5.32 Å². The zero-order valence-electron chi connectivity index (χ0n) is 13.2. The van der Waals surface area contributed by atoms with Gasteiger partial charge in [0.1, 0.15) is 0 Å². The minimum atomic E-state index is -0.959. The monoisotopic (exact) mass is 341 g/mol. The van der Waals surface area contributed by atoms with Gasteiger partial charge in [0.15, 0.2) is 0 Å². The van der Waals surface area contributed by atoms with Crippen LogP contribution in [-0.4, -0.2) is 29.3 Å². The van der Waals surface area contributed by atoms with Crippen LogP contribution in [0.5, 0.6) is 0 Å². The summed E-state index contributed by atoms with van der Waals surface area (Å²) >= 11 is 1.88. The van der Waals surface area contributed by atoms with Crippen LogP contribution in [0.15, 0.2) is 48.5 Å². The van der Waals surface area contributed by atoms with Gasteiger partial charge in [0.25, 0.3) is 0 Å². The smallest absolute Gasteiger partial charge is 0.335 e. The molecule has 0 bridgehead atoms. The number of aromatic carboxylic acids is 1. The third-order valence-electron chi connectivity index (χ3n) is 4.14. The molecule has 1 aliphatic rings.